The fraction of sp³-hybridized carbons (Fsp3) is 0.0556. The number of nitrogens with one attached hydrogen (secondary N) is 1. The predicted molar refractivity (Wildman–Crippen MR) is 96.9 cm³/mol. The van der Waals surface area contributed by atoms with Crippen LogP contribution in [0.25, 0.3) is 6.08 Å². The number of carbonyl (C=O) groups excluding carboxylic acids is 3. The standard InChI is InChI=1S/C18H9Cl2F3N2O3/c19-11-5-4-9(14(20)8-11)6-13-15(26)24-17(28)25(16(13)27)12-3-1-2-10(7-12)18(21,22)23/h1-8H,(H,24,26,28). The van der Waals surface area contributed by atoms with Gasteiger partial charge in [-0.05, 0) is 42.0 Å². The monoisotopic (exact) mass is 428 g/mol. The number of imide groups is 2. The van der Waals surface area contributed by atoms with Crippen molar-refractivity contribution in [2.24, 2.45) is 0 Å². The first-order chi connectivity index (χ1) is 13.1. The Hall–Kier alpha value is -2.84. The molecule has 1 fully saturated rings. The number of amides is 4. The maximum absolute atomic E-state index is 12.9. The quantitative estimate of drug-likeness (QED) is 0.557. The minimum absolute atomic E-state index is 0.142. The van der Waals surface area contributed by atoms with Gasteiger partial charge in [0.1, 0.15) is 5.57 Å². The summed E-state index contributed by atoms with van der Waals surface area (Å²) < 4.78 is 38.8. The van der Waals surface area contributed by atoms with Crippen molar-refractivity contribution in [1.29, 1.82) is 0 Å². The Labute approximate surface area is 166 Å². The summed E-state index contributed by atoms with van der Waals surface area (Å²) in [5, 5.41) is 2.39. The highest BCUT2D eigenvalue weighted by Crippen LogP contribution is 2.33. The highest BCUT2D eigenvalue weighted by atomic mass is 35.5. The third kappa shape index (κ3) is 3.88. The third-order valence-electron chi connectivity index (χ3n) is 3.80. The molecule has 2 aromatic carbocycles. The average Bonchev–Trinajstić information content (AvgIpc) is 2.59. The van der Waals surface area contributed by atoms with E-state index in [-0.39, 0.29) is 16.3 Å². The zero-order valence-corrected chi connectivity index (χ0v) is 15.2. The highest BCUT2D eigenvalue weighted by Gasteiger charge is 2.38. The van der Waals surface area contributed by atoms with Gasteiger partial charge in [-0.25, -0.2) is 9.69 Å². The molecule has 0 saturated carbocycles. The second-order valence-corrected chi connectivity index (χ2v) is 6.52. The largest absolute Gasteiger partial charge is 0.416 e. The number of nitrogens with zero attached hydrogens (tertiary/aromatic N) is 1. The molecule has 1 N–H and O–H groups in total. The Morgan fingerprint density at radius 2 is 1.71 bits per heavy atom. The number of hydrogen-bond donors (Lipinski definition) is 1. The molecule has 0 aliphatic carbocycles. The predicted octanol–water partition coefficient (Wildman–Crippen LogP) is 4.68. The Kier molecular flexibility index (Phi) is 5.18. The van der Waals surface area contributed by atoms with Crippen LogP contribution in [-0.4, -0.2) is 17.8 Å². The van der Waals surface area contributed by atoms with Crippen LogP contribution in [0.4, 0.5) is 23.7 Å². The molecule has 0 spiro atoms. The number of anilines is 1. The second-order valence-electron chi connectivity index (χ2n) is 5.67. The molecule has 1 aliphatic heterocycles. The maximum atomic E-state index is 12.9. The van der Waals surface area contributed by atoms with E-state index < -0.39 is 35.2 Å². The lowest BCUT2D eigenvalue weighted by atomic mass is 10.1. The summed E-state index contributed by atoms with van der Waals surface area (Å²) in [7, 11) is 0. The van der Waals surface area contributed by atoms with Gasteiger partial charge in [-0.15, -0.1) is 0 Å². The summed E-state index contributed by atoms with van der Waals surface area (Å²) in [4.78, 5) is 37.4. The summed E-state index contributed by atoms with van der Waals surface area (Å²) in [5.41, 5.74) is -1.59. The number of benzene rings is 2. The molecule has 1 saturated heterocycles. The van der Waals surface area contributed by atoms with E-state index in [0.29, 0.717) is 16.0 Å². The van der Waals surface area contributed by atoms with Crippen molar-refractivity contribution in [3.63, 3.8) is 0 Å². The molecule has 0 aromatic heterocycles. The van der Waals surface area contributed by atoms with Crippen LogP contribution in [0.5, 0.6) is 0 Å². The molecule has 0 atom stereocenters. The molecule has 1 aliphatic rings. The Morgan fingerprint density at radius 1 is 1.00 bits per heavy atom. The van der Waals surface area contributed by atoms with E-state index in [1.54, 1.807) is 0 Å². The number of urea groups is 1. The van der Waals surface area contributed by atoms with Gasteiger partial charge in [-0.2, -0.15) is 13.2 Å². The lowest BCUT2D eigenvalue weighted by Crippen LogP contribution is -2.54. The number of rotatable bonds is 2. The number of carbonyl (C=O) groups is 3. The third-order valence-corrected chi connectivity index (χ3v) is 4.36. The van der Waals surface area contributed by atoms with Gasteiger partial charge in [0.25, 0.3) is 11.8 Å². The molecular formula is C18H9Cl2F3N2O3. The molecule has 4 amide bonds. The fourth-order valence-corrected chi connectivity index (χ4v) is 2.95. The maximum Gasteiger partial charge on any atom is 0.416 e. The van der Waals surface area contributed by atoms with Gasteiger partial charge < -0.3 is 0 Å². The van der Waals surface area contributed by atoms with Crippen LogP contribution >= 0.6 is 23.2 Å². The average molecular weight is 429 g/mol. The van der Waals surface area contributed by atoms with Gasteiger partial charge in [0.15, 0.2) is 0 Å². The van der Waals surface area contributed by atoms with E-state index in [9.17, 15) is 27.6 Å². The molecule has 1 heterocycles. The molecule has 144 valence electrons. The first-order valence-corrected chi connectivity index (χ1v) is 8.37. The van der Waals surface area contributed by atoms with E-state index in [0.717, 1.165) is 24.3 Å². The van der Waals surface area contributed by atoms with Crippen molar-refractivity contribution in [3.05, 3.63) is 69.2 Å². The Morgan fingerprint density at radius 3 is 2.36 bits per heavy atom. The van der Waals surface area contributed by atoms with Crippen molar-refractivity contribution in [2.45, 2.75) is 6.18 Å². The van der Waals surface area contributed by atoms with Crippen LogP contribution < -0.4 is 10.2 Å². The van der Waals surface area contributed by atoms with Gasteiger partial charge in [0.2, 0.25) is 0 Å². The van der Waals surface area contributed by atoms with Crippen LogP contribution in [0.3, 0.4) is 0 Å². The Balaban J connectivity index is 2.05. The van der Waals surface area contributed by atoms with Gasteiger partial charge in [-0.1, -0.05) is 35.3 Å². The normalized spacial score (nSPS) is 16.5. The highest BCUT2D eigenvalue weighted by molar-refractivity contribution is 6.40. The molecule has 0 radical (unpaired) electrons. The minimum atomic E-state index is -4.67. The Bertz CT molecular complexity index is 1030. The molecule has 10 heteroatoms. The fourth-order valence-electron chi connectivity index (χ4n) is 2.49. The summed E-state index contributed by atoms with van der Waals surface area (Å²) in [6.07, 6.45) is -3.54. The molecule has 2 aromatic rings. The van der Waals surface area contributed by atoms with Crippen molar-refractivity contribution in [2.75, 3.05) is 4.90 Å². The summed E-state index contributed by atoms with van der Waals surface area (Å²) in [6, 6.07) is 6.78. The van der Waals surface area contributed by atoms with Crippen LogP contribution in [0, 0.1) is 0 Å². The molecule has 3 rings (SSSR count). The summed E-state index contributed by atoms with van der Waals surface area (Å²) >= 11 is 11.8. The lowest BCUT2D eigenvalue weighted by molar-refractivity contribution is -0.137. The molecule has 0 unspecified atom stereocenters. The van der Waals surface area contributed by atoms with E-state index >= 15 is 0 Å². The van der Waals surface area contributed by atoms with Gasteiger partial charge in [0, 0.05) is 10.0 Å². The van der Waals surface area contributed by atoms with E-state index in [1.165, 1.54) is 18.2 Å². The summed E-state index contributed by atoms with van der Waals surface area (Å²) in [6.45, 7) is 0. The molecule has 5 nitrogen and oxygen atoms in total. The number of hydrogen-bond acceptors (Lipinski definition) is 3. The molecular weight excluding hydrogens is 420 g/mol. The first-order valence-electron chi connectivity index (χ1n) is 7.61. The minimum Gasteiger partial charge on any atom is -0.273 e. The van der Waals surface area contributed by atoms with Crippen molar-refractivity contribution >= 4 is 52.8 Å². The molecule has 0 bridgehead atoms. The van der Waals surface area contributed by atoms with E-state index in [4.69, 9.17) is 23.2 Å². The van der Waals surface area contributed by atoms with Crippen LogP contribution in [0.1, 0.15) is 11.1 Å². The van der Waals surface area contributed by atoms with Crippen molar-refractivity contribution < 1.29 is 27.6 Å². The smallest absolute Gasteiger partial charge is 0.273 e. The number of alkyl halides is 3. The van der Waals surface area contributed by atoms with E-state index in [2.05, 4.69) is 0 Å². The SMILES string of the molecule is O=C1NC(=O)N(c2cccc(C(F)(F)F)c2)C(=O)C1=Cc1ccc(Cl)cc1Cl. The number of halogens is 5. The number of barbiturate groups is 1. The van der Waals surface area contributed by atoms with Gasteiger partial charge in [-0.3, -0.25) is 14.9 Å². The summed E-state index contributed by atoms with van der Waals surface area (Å²) in [5.74, 6) is -2.08. The van der Waals surface area contributed by atoms with Crippen LogP contribution in [0.2, 0.25) is 10.0 Å². The van der Waals surface area contributed by atoms with Gasteiger partial charge in [0.05, 0.1) is 11.3 Å². The molecule has 28 heavy (non-hydrogen) atoms. The van der Waals surface area contributed by atoms with Crippen LogP contribution in [-0.2, 0) is 15.8 Å². The lowest BCUT2D eigenvalue weighted by Gasteiger charge is -2.27. The van der Waals surface area contributed by atoms with Gasteiger partial charge >= 0.3 is 12.2 Å². The van der Waals surface area contributed by atoms with Crippen molar-refractivity contribution in [3.8, 4) is 0 Å². The zero-order valence-electron chi connectivity index (χ0n) is 13.7. The second kappa shape index (κ2) is 7.29. The van der Waals surface area contributed by atoms with Crippen molar-refractivity contribution in [1.82, 2.24) is 5.32 Å². The zero-order chi connectivity index (χ0) is 20.6. The first kappa shape index (κ1) is 19.9. The van der Waals surface area contributed by atoms with Crippen LogP contribution in [0.15, 0.2) is 48.0 Å². The van der Waals surface area contributed by atoms with E-state index in [1.807, 2.05) is 5.32 Å². The topological polar surface area (TPSA) is 66.5 Å².